The summed E-state index contributed by atoms with van der Waals surface area (Å²) in [6.45, 7) is 12.3. The summed E-state index contributed by atoms with van der Waals surface area (Å²) in [5, 5.41) is 40.5. The molecular weight excluding hydrogens is 460 g/mol. The zero-order valence-electron chi connectivity index (χ0n) is 23.1. The molecule has 0 radical (unpaired) electrons. The van der Waals surface area contributed by atoms with Crippen molar-refractivity contribution in [2.24, 2.45) is 33.4 Å². The van der Waals surface area contributed by atoms with Crippen molar-refractivity contribution in [3.8, 4) is 0 Å². The zero-order valence-corrected chi connectivity index (χ0v) is 23.1. The fraction of sp³-hybridized carbons (Fsp3) is 0.857. The van der Waals surface area contributed by atoms with Gasteiger partial charge in [-0.1, -0.05) is 39.7 Å². The van der Waals surface area contributed by atoms with Gasteiger partial charge in [-0.05, 0) is 63.2 Å². The van der Waals surface area contributed by atoms with E-state index in [1.807, 2.05) is 13.8 Å². The molecule has 1 saturated carbocycles. The van der Waals surface area contributed by atoms with Crippen LogP contribution in [0.3, 0.4) is 0 Å². The van der Waals surface area contributed by atoms with Crippen molar-refractivity contribution in [2.45, 2.75) is 123 Å². The number of aliphatic hydroxyl groups is 4. The van der Waals surface area contributed by atoms with Crippen molar-refractivity contribution < 1.29 is 30.0 Å². The van der Waals surface area contributed by atoms with Crippen molar-refractivity contribution in [2.75, 3.05) is 6.61 Å². The number of fused-ring (bicyclic) bond motifs is 1. The van der Waals surface area contributed by atoms with E-state index >= 15 is 0 Å². The molecule has 1 aliphatic heterocycles. The first kappa shape index (κ1) is 31.1. The molecule has 8 nitrogen and oxygen atoms in total. The molecule has 0 spiro atoms. The lowest BCUT2D eigenvalue weighted by Gasteiger charge is -2.50. The molecule has 0 aromatic rings. The smallest absolute Gasteiger partial charge is 0.181 e. The number of aliphatic imine (C=N–C) groups is 1. The Kier molecular flexibility index (Phi) is 10.9. The normalized spacial score (nSPS) is 32.0. The molecule has 0 bridgehead atoms. The number of rotatable bonds is 15. The molecule has 2 rings (SSSR count). The third-order valence-electron chi connectivity index (χ3n) is 8.05. The maximum Gasteiger partial charge on any atom is 0.181 e. The van der Waals surface area contributed by atoms with Crippen LogP contribution in [0.5, 0.6) is 0 Å². The van der Waals surface area contributed by atoms with Crippen LogP contribution in [0.4, 0.5) is 0 Å². The van der Waals surface area contributed by atoms with Crippen molar-refractivity contribution >= 4 is 12.0 Å². The average molecular weight is 511 g/mol. The number of ether oxygens (including phenoxy) is 1. The number of hydrogen-bond acceptors (Lipinski definition) is 8. The van der Waals surface area contributed by atoms with E-state index in [0.717, 1.165) is 37.7 Å². The number of ketones is 1. The van der Waals surface area contributed by atoms with Gasteiger partial charge < -0.3 is 30.9 Å². The Morgan fingerprint density at radius 1 is 1.14 bits per heavy atom. The highest BCUT2D eigenvalue weighted by atomic mass is 16.7. The predicted octanol–water partition coefficient (Wildman–Crippen LogP) is 3.10. The Morgan fingerprint density at radius 3 is 2.33 bits per heavy atom. The molecule has 6 N–H and O–H groups in total. The van der Waals surface area contributed by atoms with E-state index in [2.05, 4.69) is 32.7 Å². The predicted molar refractivity (Wildman–Crippen MR) is 141 cm³/mol. The SMILES string of the molecule is CC=NC=C(C)CC(N)C(=O)CCCC(C)(C)CC(C)(C)CCCC1OC2(O)C(CO)C(O)C(O)C12. The highest BCUT2D eigenvalue weighted by molar-refractivity contribution is 5.84. The van der Waals surface area contributed by atoms with Gasteiger partial charge in [0.25, 0.3) is 0 Å². The Hall–Kier alpha value is -1.16. The number of nitrogens with zero attached hydrogens (tertiary/aromatic N) is 1. The van der Waals surface area contributed by atoms with Crippen LogP contribution in [0, 0.1) is 22.7 Å². The molecule has 0 amide bonds. The molecule has 7 atom stereocenters. The van der Waals surface area contributed by atoms with Crippen molar-refractivity contribution in [3.05, 3.63) is 11.8 Å². The summed E-state index contributed by atoms with van der Waals surface area (Å²) >= 11 is 0. The van der Waals surface area contributed by atoms with Gasteiger partial charge in [0.2, 0.25) is 0 Å². The summed E-state index contributed by atoms with van der Waals surface area (Å²) in [5.74, 6) is -2.97. The second kappa shape index (κ2) is 12.6. The molecule has 2 fully saturated rings. The van der Waals surface area contributed by atoms with Crippen LogP contribution in [0.2, 0.25) is 0 Å². The van der Waals surface area contributed by atoms with Gasteiger partial charge in [-0.15, -0.1) is 0 Å². The third kappa shape index (κ3) is 7.68. The minimum atomic E-state index is -1.63. The number of nitrogens with two attached hydrogens (primary N) is 1. The van der Waals surface area contributed by atoms with Crippen LogP contribution >= 0.6 is 0 Å². The van der Waals surface area contributed by atoms with Gasteiger partial charge in [-0.3, -0.25) is 9.79 Å². The highest BCUT2D eigenvalue weighted by Gasteiger charge is 2.69. The standard InChI is InChI=1S/C28H50N2O6/c1-7-30-15-18(2)14-20(29)21(32)10-8-12-26(3,4)17-27(5,6)13-9-11-22-23-25(34)24(33)19(16-31)28(23,35)36-22/h7,15,19-20,22-25,31,33-35H,8-14,16-17,29H2,1-6H3. The van der Waals surface area contributed by atoms with Gasteiger partial charge in [-0.2, -0.15) is 0 Å². The summed E-state index contributed by atoms with van der Waals surface area (Å²) in [5.41, 5.74) is 7.25. The quantitative estimate of drug-likeness (QED) is 0.213. The summed E-state index contributed by atoms with van der Waals surface area (Å²) in [7, 11) is 0. The number of carbonyl (C=O) groups excluding carboxylic acids is 1. The maximum absolute atomic E-state index is 12.5. The first-order chi connectivity index (χ1) is 16.7. The fourth-order valence-corrected chi connectivity index (χ4v) is 6.46. The molecule has 8 heteroatoms. The van der Waals surface area contributed by atoms with Crippen LogP contribution in [-0.2, 0) is 9.53 Å². The van der Waals surface area contributed by atoms with Gasteiger partial charge in [0.1, 0.15) is 5.78 Å². The molecule has 7 unspecified atom stereocenters. The van der Waals surface area contributed by atoms with Crippen molar-refractivity contribution in [1.29, 1.82) is 0 Å². The van der Waals surface area contributed by atoms with Crippen molar-refractivity contribution in [1.82, 2.24) is 0 Å². The Bertz CT molecular complexity index is 795. The minimum absolute atomic E-state index is 0.0763. The van der Waals surface area contributed by atoms with E-state index in [0.29, 0.717) is 19.3 Å². The van der Waals surface area contributed by atoms with Crippen LogP contribution in [0.15, 0.2) is 16.8 Å². The molecule has 208 valence electrons. The third-order valence-corrected chi connectivity index (χ3v) is 8.05. The average Bonchev–Trinajstić information content (AvgIpc) is 2.89. The Morgan fingerprint density at radius 2 is 1.75 bits per heavy atom. The van der Waals surface area contributed by atoms with E-state index in [4.69, 9.17) is 10.5 Å². The van der Waals surface area contributed by atoms with Gasteiger partial charge in [-0.25, -0.2) is 0 Å². The van der Waals surface area contributed by atoms with E-state index in [1.165, 1.54) is 0 Å². The maximum atomic E-state index is 12.5. The molecule has 1 saturated heterocycles. The zero-order chi connectivity index (χ0) is 27.3. The highest BCUT2D eigenvalue weighted by Crippen LogP contribution is 2.54. The lowest BCUT2D eigenvalue weighted by atomic mass is 9.70. The second-order valence-corrected chi connectivity index (χ2v) is 12.6. The molecule has 36 heavy (non-hydrogen) atoms. The first-order valence-corrected chi connectivity index (χ1v) is 13.5. The molecule has 1 heterocycles. The number of aliphatic hydroxyl groups excluding tert-OH is 3. The second-order valence-electron chi connectivity index (χ2n) is 12.6. The number of Topliss-reactive ketones (excluding diaryl/α,β-unsaturated/α-hetero) is 1. The largest absolute Gasteiger partial charge is 0.396 e. The number of hydrogen-bond donors (Lipinski definition) is 5. The lowest BCUT2D eigenvalue weighted by Crippen LogP contribution is -2.62. The first-order valence-electron chi connectivity index (χ1n) is 13.5. The van der Waals surface area contributed by atoms with E-state index < -0.39 is 42.5 Å². The summed E-state index contributed by atoms with van der Waals surface area (Å²) in [4.78, 5) is 16.6. The van der Waals surface area contributed by atoms with Gasteiger partial charge in [0.05, 0.1) is 42.8 Å². The molecule has 2 aliphatic rings. The van der Waals surface area contributed by atoms with E-state index in [1.54, 1.807) is 12.4 Å². The Balaban J connectivity index is 1.74. The van der Waals surface area contributed by atoms with Crippen LogP contribution in [0.1, 0.15) is 92.9 Å². The van der Waals surface area contributed by atoms with Gasteiger partial charge >= 0.3 is 0 Å². The topological polar surface area (TPSA) is 146 Å². The molecular formula is C28H50N2O6. The fourth-order valence-electron chi connectivity index (χ4n) is 6.46. The summed E-state index contributed by atoms with van der Waals surface area (Å²) < 4.78 is 5.67. The van der Waals surface area contributed by atoms with Crippen LogP contribution in [-0.4, -0.2) is 69.2 Å². The van der Waals surface area contributed by atoms with E-state index in [-0.39, 0.29) is 22.7 Å². The molecule has 0 aromatic heterocycles. The van der Waals surface area contributed by atoms with Crippen LogP contribution < -0.4 is 5.73 Å². The Labute approximate surface area is 217 Å². The van der Waals surface area contributed by atoms with Gasteiger partial charge in [0, 0.05) is 18.8 Å². The minimum Gasteiger partial charge on any atom is -0.396 e. The van der Waals surface area contributed by atoms with Crippen molar-refractivity contribution in [3.63, 3.8) is 0 Å². The lowest BCUT2D eigenvalue weighted by molar-refractivity contribution is -0.381. The molecule has 0 aromatic carbocycles. The monoisotopic (exact) mass is 510 g/mol. The summed E-state index contributed by atoms with van der Waals surface area (Å²) in [6.07, 6.45) is 7.17. The van der Waals surface area contributed by atoms with Gasteiger partial charge in [0.15, 0.2) is 5.79 Å². The van der Waals surface area contributed by atoms with E-state index in [9.17, 15) is 25.2 Å². The summed E-state index contributed by atoms with van der Waals surface area (Å²) in [6, 6.07) is -0.480. The number of carbonyl (C=O) groups is 1. The van der Waals surface area contributed by atoms with Crippen LogP contribution in [0.25, 0.3) is 0 Å². The molecule has 1 aliphatic carbocycles.